The fraction of sp³-hybridized carbons (Fsp3) is 0.583. The molecule has 86 valence electrons. The topological polar surface area (TPSA) is 31.4 Å². The number of aromatic nitrogens is 1. The minimum atomic E-state index is -0.298. The first-order valence-corrected chi connectivity index (χ1v) is 5.64. The van der Waals surface area contributed by atoms with E-state index >= 15 is 0 Å². The van der Waals surface area contributed by atoms with Crippen molar-refractivity contribution < 1.29 is 9.31 Å². The van der Waals surface area contributed by atoms with Crippen LogP contribution in [0.5, 0.6) is 0 Å². The molecule has 0 spiro atoms. The summed E-state index contributed by atoms with van der Waals surface area (Å²) in [5, 5.41) is 0. The van der Waals surface area contributed by atoms with Crippen LogP contribution in [0.4, 0.5) is 0 Å². The number of aryl methyl sites for hydroxylation is 2. The highest BCUT2D eigenvalue weighted by Gasteiger charge is 2.35. The smallest absolute Gasteiger partial charge is 0.406 e. The van der Waals surface area contributed by atoms with Crippen molar-refractivity contribution in [3.05, 3.63) is 23.4 Å². The van der Waals surface area contributed by atoms with Gasteiger partial charge in [0.2, 0.25) is 0 Å². The van der Waals surface area contributed by atoms with Gasteiger partial charge in [-0.2, -0.15) is 0 Å². The molecule has 1 aromatic rings. The van der Waals surface area contributed by atoms with Gasteiger partial charge in [-0.25, -0.2) is 0 Å². The second kappa shape index (κ2) is 4.19. The van der Waals surface area contributed by atoms with Crippen molar-refractivity contribution in [3.8, 4) is 0 Å². The Kier molecular flexibility index (Phi) is 3.04. The van der Waals surface area contributed by atoms with E-state index in [1.54, 1.807) is 0 Å². The molecule has 0 amide bonds. The average molecular weight is 219 g/mol. The summed E-state index contributed by atoms with van der Waals surface area (Å²) >= 11 is 0. The highest BCUT2D eigenvalue weighted by atomic mass is 16.6. The van der Waals surface area contributed by atoms with Gasteiger partial charge in [-0.05, 0) is 25.0 Å². The molecule has 0 N–H and O–H groups in total. The first-order valence-electron chi connectivity index (χ1n) is 5.64. The van der Waals surface area contributed by atoms with E-state index in [-0.39, 0.29) is 12.5 Å². The van der Waals surface area contributed by atoms with Crippen LogP contribution < -0.4 is 5.59 Å². The molecule has 1 aliphatic heterocycles. The lowest BCUT2D eigenvalue weighted by molar-refractivity contribution is 0.0339. The molecule has 0 unspecified atom stereocenters. The van der Waals surface area contributed by atoms with Gasteiger partial charge in [0, 0.05) is 24.8 Å². The van der Waals surface area contributed by atoms with Gasteiger partial charge in [0.15, 0.2) is 0 Å². The normalized spacial score (nSPS) is 19.9. The lowest BCUT2D eigenvalue weighted by atomic mass is 9.77. The van der Waals surface area contributed by atoms with Crippen LogP contribution in [-0.4, -0.2) is 25.3 Å². The second-order valence-corrected chi connectivity index (χ2v) is 5.33. The number of pyridine rings is 1. The fourth-order valence-corrected chi connectivity index (χ4v) is 1.82. The van der Waals surface area contributed by atoms with Gasteiger partial charge >= 0.3 is 7.12 Å². The Bertz CT molecular complexity index is 383. The highest BCUT2D eigenvalue weighted by Crippen LogP contribution is 2.21. The molecule has 0 atom stereocenters. The molecular weight excluding hydrogens is 201 g/mol. The molecule has 0 saturated carbocycles. The van der Waals surface area contributed by atoms with Gasteiger partial charge in [0.05, 0.1) is 5.59 Å². The molecule has 2 rings (SSSR count). The number of hydrogen-bond acceptors (Lipinski definition) is 3. The second-order valence-electron chi connectivity index (χ2n) is 5.33. The summed E-state index contributed by atoms with van der Waals surface area (Å²) in [6, 6.07) is 2.11. The van der Waals surface area contributed by atoms with Crippen LogP contribution in [0.3, 0.4) is 0 Å². The third-order valence-corrected chi connectivity index (χ3v) is 2.73. The van der Waals surface area contributed by atoms with Crippen LogP contribution >= 0.6 is 0 Å². The summed E-state index contributed by atoms with van der Waals surface area (Å²) in [5.74, 6) is 0. The summed E-state index contributed by atoms with van der Waals surface area (Å²) in [6.07, 6.45) is 1.86. The van der Waals surface area contributed by atoms with E-state index < -0.39 is 0 Å². The Morgan fingerprint density at radius 3 is 2.44 bits per heavy atom. The zero-order valence-electron chi connectivity index (χ0n) is 10.4. The van der Waals surface area contributed by atoms with E-state index in [9.17, 15) is 0 Å². The molecule has 3 nitrogen and oxygen atoms in total. The van der Waals surface area contributed by atoms with Gasteiger partial charge in [0.1, 0.15) is 0 Å². The Labute approximate surface area is 97.3 Å². The van der Waals surface area contributed by atoms with Gasteiger partial charge in [-0.3, -0.25) is 4.98 Å². The molecule has 0 bridgehead atoms. The fourth-order valence-electron chi connectivity index (χ4n) is 1.82. The standard InChI is InChI=1S/C12H18BNO2/c1-9-5-10(2)11(14-6-9)13-15-7-12(3,4)8-16-13/h5-6H,7-8H2,1-4H3. The maximum absolute atomic E-state index is 5.72. The molecule has 16 heavy (non-hydrogen) atoms. The summed E-state index contributed by atoms with van der Waals surface area (Å²) < 4.78 is 11.4. The quantitative estimate of drug-likeness (QED) is 0.670. The molecular formula is C12H18BNO2. The van der Waals surface area contributed by atoms with E-state index in [1.165, 1.54) is 0 Å². The van der Waals surface area contributed by atoms with Crippen molar-refractivity contribution in [2.75, 3.05) is 13.2 Å². The van der Waals surface area contributed by atoms with Crippen molar-refractivity contribution >= 4 is 12.7 Å². The number of rotatable bonds is 1. The van der Waals surface area contributed by atoms with Crippen molar-refractivity contribution in [3.63, 3.8) is 0 Å². The lowest BCUT2D eigenvalue weighted by Gasteiger charge is -2.33. The minimum absolute atomic E-state index is 0.106. The van der Waals surface area contributed by atoms with Gasteiger partial charge in [0.25, 0.3) is 0 Å². The molecule has 0 aliphatic carbocycles. The third-order valence-electron chi connectivity index (χ3n) is 2.73. The monoisotopic (exact) mass is 219 g/mol. The van der Waals surface area contributed by atoms with Crippen molar-refractivity contribution in [1.82, 2.24) is 4.98 Å². The largest absolute Gasteiger partial charge is 0.513 e. The van der Waals surface area contributed by atoms with Crippen molar-refractivity contribution in [2.45, 2.75) is 27.7 Å². The van der Waals surface area contributed by atoms with E-state index in [1.807, 2.05) is 20.0 Å². The summed E-state index contributed by atoms with van der Waals surface area (Å²) in [7, 11) is -0.298. The molecule has 1 aliphatic rings. The zero-order chi connectivity index (χ0) is 11.8. The summed E-state index contributed by atoms with van der Waals surface area (Å²) in [4.78, 5) is 4.40. The Morgan fingerprint density at radius 1 is 1.25 bits per heavy atom. The van der Waals surface area contributed by atoms with E-state index in [0.717, 1.165) is 16.7 Å². The minimum Gasteiger partial charge on any atom is -0.406 e. The average Bonchev–Trinajstić information content (AvgIpc) is 2.19. The van der Waals surface area contributed by atoms with Crippen LogP contribution in [0, 0.1) is 19.3 Å². The number of hydrogen-bond donors (Lipinski definition) is 0. The maximum atomic E-state index is 5.72. The van der Waals surface area contributed by atoms with E-state index in [4.69, 9.17) is 9.31 Å². The molecule has 4 heteroatoms. The summed E-state index contributed by atoms with van der Waals surface area (Å²) in [5.41, 5.74) is 3.30. The van der Waals surface area contributed by atoms with Crippen molar-refractivity contribution in [1.29, 1.82) is 0 Å². The number of nitrogens with zero attached hydrogens (tertiary/aromatic N) is 1. The van der Waals surface area contributed by atoms with Crippen LogP contribution in [-0.2, 0) is 9.31 Å². The van der Waals surface area contributed by atoms with Gasteiger partial charge in [-0.1, -0.05) is 19.9 Å². The Morgan fingerprint density at radius 2 is 1.88 bits per heavy atom. The molecule has 1 aromatic heterocycles. The molecule has 0 radical (unpaired) electrons. The Hall–Kier alpha value is -0.865. The first-order chi connectivity index (χ1) is 7.48. The Balaban J connectivity index is 2.14. The lowest BCUT2D eigenvalue weighted by Crippen LogP contribution is -2.49. The maximum Gasteiger partial charge on any atom is 0.513 e. The van der Waals surface area contributed by atoms with E-state index in [0.29, 0.717) is 13.2 Å². The molecule has 1 saturated heterocycles. The van der Waals surface area contributed by atoms with Crippen LogP contribution in [0.1, 0.15) is 25.0 Å². The SMILES string of the molecule is Cc1cnc(B2OCC(C)(C)CO2)c(C)c1. The van der Waals surface area contributed by atoms with Crippen molar-refractivity contribution in [2.24, 2.45) is 5.41 Å². The van der Waals surface area contributed by atoms with Crippen LogP contribution in [0.2, 0.25) is 0 Å². The third kappa shape index (κ3) is 2.44. The van der Waals surface area contributed by atoms with E-state index in [2.05, 4.69) is 24.9 Å². The first kappa shape index (κ1) is 11.6. The summed E-state index contributed by atoms with van der Waals surface area (Å²) in [6.45, 7) is 9.79. The molecule has 1 fully saturated rings. The highest BCUT2D eigenvalue weighted by molar-refractivity contribution is 6.60. The predicted octanol–water partition coefficient (Wildman–Crippen LogP) is 1.47. The molecule has 2 heterocycles. The van der Waals surface area contributed by atoms with Gasteiger partial charge < -0.3 is 9.31 Å². The molecule has 0 aromatic carbocycles. The van der Waals surface area contributed by atoms with Crippen LogP contribution in [0.15, 0.2) is 12.3 Å². The predicted molar refractivity (Wildman–Crippen MR) is 64.8 cm³/mol. The van der Waals surface area contributed by atoms with Crippen LogP contribution in [0.25, 0.3) is 0 Å². The van der Waals surface area contributed by atoms with Gasteiger partial charge in [-0.15, -0.1) is 0 Å². The zero-order valence-corrected chi connectivity index (χ0v) is 10.4.